The number of nitrogens with zero attached hydrogens (tertiary/aromatic N) is 5. The first-order chi connectivity index (χ1) is 23.6. The number of esters is 1. The Hall–Kier alpha value is -4.81. The summed E-state index contributed by atoms with van der Waals surface area (Å²) in [6.07, 6.45) is 1.83. The standard InChI is InChI=1S/C37H41N5O6S/c1-6-29-22-41(49(44,45)33-14-11-17-38-37(33)48-29)21-28-18-27(16-15-24(28)3)31(20-34(43)47-23-26-12-9-8-10-13-26)30-19-32(46-5)36-35(25(30)4)39-40-42(36)7-2/h8-19,29,31H,6-7,20-23H2,1-5H3/t29-,31+/m1/s1. The van der Waals surface area contributed by atoms with Crippen LogP contribution in [0.15, 0.2) is 77.8 Å². The predicted octanol–water partition coefficient (Wildman–Crippen LogP) is 6.10. The summed E-state index contributed by atoms with van der Waals surface area (Å²) in [4.78, 5) is 17.8. The summed E-state index contributed by atoms with van der Waals surface area (Å²) in [5, 5.41) is 8.82. The molecule has 0 bridgehead atoms. The minimum Gasteiger partial charge on any atom is -0.494 e. The number of sulfonamides is 1. The van der Waals surface area contributed by atoms with E-state index >= 15 is 0 Å². The monoisotopic (exact) mass is 683 g/mol. The molecule has 256 valence electrons. The predicted molar refractivity (Wildman–Crippen MR) is 185 cm³/mol. The van der Waals surface area contributed by atoms with Gasteiger partial charge in [0.2, 0.25) is 15.9 Å². The maximum absolute atomic E-state index is 14.0. The van der Waals surface area contributed by atoms with E-state index in [0.29, 0.717) is 24.2 Å². The molecule has 0 unspecified atom stereocenters. The molecule has 3 aromatic carbocycles. The molecule has 1 aliphatic rings. The van der Waals surface area contributed by atoms with Crippen molar-refractivity contribution in [3.8, 4) is 11.6 Å². The van der Waals surface area contributed by atoms with Gasteiger partial charge in [-0.1, -0.05) is 60.7 Å². The van der Waals surface area contributed by atoms with Crippen LogP contribution in [0.4, 0.5) is 0 Å². The second-order valence-corrected chi connectivity index (χ2v) is 14.1. The lowest BCUT2D eigenvalue weighted by Crippen LogP contribution is -2.36. The van der Waals surface area contributed by atoms with E-state index in [1.54, 1.807) is 17.9 Å². The average Bonchev–Trinajstić information content (AvgIpc) is 3.52. The fourth-order valence-electron chi connectivity index (χ4n) is 6.32. The first-order valence-corrected chi connectivity index (χ1v) is 17.9. The minimum absolute atomic E-state index is 0.0412. The fraction of sp³-hybridized carbons (Fsp3) is 0.351. The topological polar surface area (TPSA) is 126 Å². The summed E-state index contributed by atoms with van der Waals surface area (Å²) in [6, 6.07) is 20.6. The number of hydrogen-bond acceptors (Lipinski definition) is 9. The normalized spacial score (nSPS) is 16.4. The van der Waals surface area contributed by atoms with Crippen molar-refractivity contribution in [1.82, 2.24) is 24.3 Å². The zero-order chi connectivity index (χ0) is 34.7. The van der Waals surface area contributed by atoms with Gasteiger partial charge >= 0.3 is 5.97 Å². The van der Waals surface area contributed by atoms with Gasteiger partial charge in [0.25, 0.3) is 0 Å². The molecule has 2 aromatic heterocycles. The average molecular weight is 684 g/mol. The van der Waals surface area contributed by atoms with Gasteiger partial charge in [-0.3, -0.25) is 4.79 Å². The zero-order valence-electron chi connectivity index (χ0n) is 28.4. The van der Waals surface area contributed by atoms with Crippen molar-refractivity contribution < 1.29 is 27.4 Å². The van der Waals surface area contributed by atoms with Gasteiger partial charge in [-0.25, -0.2) is 18.1 Å². The number of aryl methyl sites for hydroxylation is 3. The van der Waals surface area contributed by atoms with E-state index in [1.807, 2.05) is 82.3 Å². The van der Waals surface area contributed by atoms with Crippen LogP contribution in [0.3, 0.4) is 0 Å². The molecular weight excluding hydrogens is 643 g/mol. The van der Waals surface area contributed by atoms with Gasteiger partial charge in [0, 0.05) is 25.2 Å². The molecule has 0 spiro atoms. The largest absolute Gasteiger partial charge is 0.494 e. The van der Waals surface area contributed by atoms with Crippen LogP contribution in [-0.2, 0) is 39.3 Å². The van der Waals surface area contributed by atoms with Crippen LogP contribution in [0, 0.1) is 13.8 Å². The van der Waals surface area contributed by atoms with Crippen LogP contribution >= 0.6 is 0 Å². The van der Waals surface area contributed by atoms with Crippen LogP contribution in [0.1, 0.15) is 66.0 Å². The first kappa shape index (κ1) is 34.1. The molecule has 0 aliphatic carbocycles. The van der Waals surface area contributed by atoms with E-state index < -0.39 is 15.9 Å². The second-order valence-electron chi connectivity index (χ2n) is 12.2. The van der Waals surface area contributed by atoms with Crippen molar-refractivity contribution in [3.05, 3.63) is 106 Å². The molecule has 5 aromatic rings. The van der Waals surface area contributed by atoms with Gasteiger partial charge in [-0.05, 0) is 78.8 Å². The highest BCUT2D eigenvalue weighted by Crippen LogP contribution is 2.39. The molecule has 0 saturated heterocycles. The molecule has 0 saturated carbocycles. The molecule has 0 radical (unpaired) electrons. The number of methoxy groups -OCH3 is 1. The maximum atomic E-state index is 14.0. The Labute approximate surface area is 286 Å². The molecule has 0 fully saturated rings. The summed E-state index contributed by atoms with van der Waals surface area (Å²) >= 11 is 0. The molecule has 49 heavy (non-hydrogen) atoms. The lowest BCUT2D eigenvalue weighted by molar-refractivity contribution is -0.145. The Morgan fingerprint density at radius 3 is 2.59 bits per heavy atom. The molecule has 11 nitrogen and oxygen atoms in total. The lowest BCUT2D eigenvalue weighted by Gasteiger charge is -2.25. The van der Waals surface area contributed by atoms with E-state index in [-0.39, 0.29) is 49.0 Å². The number of pyridine rings is 1. The van der Waals surface area contributed by atoms with Crippen LogP contribution in [0.5, 0.6) is 11.6 Å². The van der Waals surface area contributed by atoms with E-state index in [1.165, 1.54) is 16.6 Å². The molecule has 3 heterocycles. The Kier molecular flexibility index (Phi) is 9.98. The number of benzene rings is 3. The van der Waals surface area contributed by atoms with Gasteiger partial charge in [0.05, 0.1) is 20.1 Å². The highest BCUT2D eigenvalue weighted by atomic mass is 32.2. The Morgan fingerprint density at radius 2 is 1.86 bits per heavy atom. The number of carbonyl (C=O) groups excluding carboxylic acids is 1. The molecule has 6 rings (SSSR count). The summed E-state index contributed by atoms with van der Waals surface area (Å²) in [6.45, 7) is 8.95. The van der Waals surface area contributed by atoms with Gasteiger partial charge < -0.3 is 14.2 Å². The van der Waals surface area contributed by atoms with E-state index in [2.05, 4.69) is 15.3 Å². The van der Waals surface area contributed by atoms with Crippen molar-refractivity contribution in [2.75, 3.05) is 13.7 Å². The number of fused-ring (bicyclic) bond motifs is 2. The Morgan fingerprint density at radius 1 is 1.06 bits per heavy atom. The molecule has 1 aliphatic heterocycles. The van der Waals surface area contributed by atoms with Gasteiger partial charge in [-0.15, -0.1) is 5.10 Å². The SMILES string of the molecule is CC[C@@H]1CN(Cc2cc([C@H](CC(=O)OCc3ccccc3)c3cc(OC)c4c(nnn4CC)c3C)ccc2C)S(=O)(=O)c2cccnc2O1. The number of hydrogen-bond donors (Lipinski definition) is 0. The fourth-order valence-corrected chi connectivity index (χ4v) is 7.85. The Bertz CT molecular complexity index is 2080. The number of carbonyl (C=O) groups is 1. The van der Waals surface area contributed by atoms with Crippen LogP contribution in [-0.4, -0.2) is 58.4 Å². The first-order valence-electron chi connectivity index (χ1n) is 16.5. The van der Waals surface area contributed by atoms with Crippen LogP contribution in [0.25, 0.3) is 11.0 Å². The van der Waals surface area contributed by atoms with E-state index in [0.717, 1.165) is 38.9 Å². The number of rotatable bonds is 11. The molecular formula is C37H41N5O6S. The molecule has 0 N–H and O–H groups in total. The molecule has 2 atom stereocenters. The minimum atomic E-state index is -3.92. The van der Waals surface area contributed by atoms with Crippen molar-refractivity contribution in [1.29, 1.82) is 0 Å². The van der Waals surface area contributed by atoms with Gasteiger partial charge in [0.1, 0.15) is 34.4 Å². The van der Waals surface area contributed by atoms with Crippen LogP contribution < -0.4 is 9.47 Å². The third-order valence-electron chi connectivity index (χ3n) is 9.17. The maximum Gasteiger partial charge on any atom is 0.307 e. The summed E-state index contributed by atoms with van der Waals surface area (Å²) in [5.41, 5.74) is 6.67. The second kappa shape index (κ2) is 14.4. The summed E-state index contributed by atoms with van der Waals surface area (Å²) < 4.78 is 48.8. The van der Waals surface area contributed by atoms with E-state index in [9.17, 15) is 13.2 Å². The Balaban J connectivity index is 1.41. The third kappa shape index (κ3) is 6.88. The highest BCUT2D eigenvalue weighted by Gasteiger charge is 2.35. The van der Waals surface area contributed by atoms with Crippen molar-refractivity contribution in [2.45, 2.75) is 77.2 Å². The van der Waals surface area contributed by atoms with Crippen molar-refractivity contribution in [2.24, 2.45) is 0 Å². The van der Waals surface area contributed by atoms with Crippen molar-refractivity contribution in [3.63, 3.8) is 0 Å². The lowest BCUT2D eigenvalue weighted by atomic mass is 9.84. The third-order valence-corrected chi connectivity index (χ3v) is 11.0. The van der Waals surface area contributed by atoms with E-state index in [4.69, 9.17) is 14.2 Å². The number of aromatic nitrogens is 4. The quantitative estimate of drug-likeness (QED) is 0.152. The van der Waals surface area contributed by atoms with Crippen molar-refractivity contribution >= 4 is 27.0 Å². The smallest absolute Gasteiger partial charge is 0.307 e. The highest BCUT2D eigenvalue weighted by molar-refractivity contribution is 7.89. The zero-order valence-corrected chi connectivity index (χ0v) is 29.2. The summed E-state index contributed by atoms with van der Waals surface area (Å²) in [5.74, 6) is -0.0962. The van der Waals surface area contributed by atoms with Gasteiger partial charge in [0.15, 0.2) is 0 Å². The molecule has 0 amide bonds. The summed E-state index contributed by atoms with van der Waals surface area (Å²) in [7, 11) is -2.31. The van der Waals surface area contributed by atoms with Gasteiger partial charge in [-0.2, -0.15) is 4.31 Å². The number of ether oxygens (including phenoxy) is 3. The van der Waals surface area contributed by atoms with Crippen LogP contribution in [0.2, 0.25) is 0 Å². The molecule has 12 heteroatoms.